The van der Waals surface area contributed by atoms with Crippen LogP contribution >= 0.6 is 15.9 Å². The third kappa shape index (κ3) is 3.73. The van der Waals surface area contributed by atoms with E-state index in [-0.39, 0.29) is 17.2 Å². The van der Waals surface area contributed by atoms with Gasteiger partial charge in [0.2, 0.25) is 0 Å². The molecule has 0 bridgehead atoms. The molecule has 0 atom stereocenters. The Kier molecular flexibility index (Phi) is 4.53. The van der Waals surface area contributed by atoms with Crippen LogP contribution in [0.25, 0.3) is 0 Å². The zero-order chi connectivity index (χ0) is 17.3. The number of rotatable bonds is 5. The van der Waals surface area contributed by atoms with Crippen molar-refractivity contribution in [2.45, 2.75) is 25.8 Å². The largest absolute Gasteiger partial charge is 0.377 e. The standard InChI is InChI=1S/C17H16BrN3O3/c1-10-8-12(18)3-7-14(10)20-17(22)11-2-6-15(19-13-4-5-13)16(9-11)21(23)24/h2-3,6-9,13,19H,4-5H2,1H3,(H,20,22). The highest BCUT2D eigenvalue weighted by Crippen LogP contribution is 2.32. The molecule has 0 saturated heterocycles. The maximum Gasteiger partial charge on any atom is 0.293 e. The second-order valence-electron chi connectivity index (χ2n) is 5.82. The van der Waals surface area contributed by atoms with E-state index in [1.165, 1.54) is 6.07 Å². The van der Waals surface area contributed by atoms with Crippen LogP contribution in [0.2, 0.25) is 0 Å². The van der Waals surface area contributed by atoms with Crippen LogP contribution in [0.3, 0.4) is 0 Å². The molecule has 124 valence electrons. The highest BCUT2D eigenvalue weighted by Gasteiger charge is 2.25. The van der Waals surface area contributed by atoms with E-state index in [1.54, 1.807) is 18.2 Å². The quantitative estimate of drug-likeness (QED) is 0.582. The molecule has 0 unspecified atom stereocenters. The van der Waals surface area contributed by atoms with Crippen LogP contribution < -0.4 is 10.6 Å². The molecule has 3 rings (SSSR count). The lowest BCUT2D eigenvalue weighted by Gasteiger charge is -2.10. The van der Waals surface area contributed by atoms with Gasteiger partial charge in [0, 0.05) is 27.8 Å². The summed E-state index contributed by atoms with van der Waals surface area (Å²) in [6, 6.07) is 10.3. The number of anilines is 2. The molecule has 0 spiro atoms. The number of halogens is 1. The van der Waals surface area contributed by atoms with Gasteiger partial charge in [-0.3, -0.25) is 14.9 Å². The molecule has 1 fully saturated rings. The number of nitrogens with one attached hydrogen (secondary N) is 2. The average molecular weight is 390 g/mol. The van der Waals surface area contributed by atoms with Gasteiger partial charge in [0.05, 0.1) is 4.92 Å². The van der Waals surface area contributed by atoms with Gasteiger partial charge in [0.25, 0.3) is 11.6 Å². The van der Waals surface area contributed by atoms with E-state index in [0.29, 0.717) is 17.4 Å². The fourth-order valence-corrected chi connectivity index (χ4v) is 2.83. The fraction of sp³-hybridized carbons (Fsp3) is 0.235. The first-order valence-electron chi connectivity index (χ1n) is 7.56. The maximum atomic E-state index is 12.4. The van der Waals surface area contributed by atoms with Crippen LogP contribution in [-0.2, 0) is 0 Å². The zero-order valence-electron chi connectivity index (χ0n) is 13.0. The van der Waals surface area contributed by atoms with E-state index >= 15 is 0 Å². The number of carbonyl (C=O) groups is 1. The molecule has 7 heteroatoms. The van der Waals surface area contributed by atoms with Crippen molar-refractivity contribution < 1.29 is 9.72 Å². The first kappa shape index (κ1) is 16.4. The summed E-state index contributed by atoms with van der Waals surface area (Å²) in [5.74, 6) is -0.374. The Morgan fingerprint density at radius 2 is 1.92 bits per heavy atom. The molecule has 24 heavy (non-hydrogen) atoms. The molecule has 6 nitrogen and oxygen atoms in total. The van der Waals surface area contributed by atoms with Crippen LogP contribution in [0, 0.1) is 17.0 Å². The first-order chi connectivity index (χ1) is 11.4. The number of nitro benzene ring substituents is 1. The number of hydrogen-bond acceptors (Lipinski definition) is 4. The summed E-state index contributed by atoms with van der Waals surface area (Å²) in [4.78, 5) is 23.2. The Labute approximate surface area is 147 Å². The lowest BCUT2D eigenvalue weighted by atomic mass is 10.1. The minimum absolute atomic E-state index is 0.0814. The second-order valence-corrected chi connectivity index (χ2v) is 6.74. The van der Waals surface area contributed by atoms with Gasteiger partial charge >= 0.3 is 0 Å². The summed E-state index contributed by atoms with van der Waals surface area (Å²) < 4.78 is 0.921. The SMILES string of the molecule is Cc1cc(Br)ccc1NC(=O)c1ccc(NC2CC2)c([N+](=O)[O-])c1. The van der Waals surface area contributed by atoms with Crippen molar-refractivity contribution in [2.24, 2.45) is 0 Å². The summed E-state index contributed by atoms with van der Waals surface area (Å²) in [6.07, 6.45) is 2.03. The van der Waals surface area contributed by atoms with Crippen LogP contribution in [0.1, 0.15) is 28.8 Å². The first-order valence-corrected chi connectivity index (χ1v) is 8.36. The lowest BCUT2D eigenvalue weighted by Crippen LogP contribution is -2.13. The normalized spacial score (nSPS) is 13.4. The molecule has 2 aromatic carbocycles. The third-order valence-corrected chi connectivity index (χ3v) is 4.32. The van der Waals surface area contributed by atoms with E-state index in [1.807, 2.05) is 19.1 Å². The van der Waals surface area contributed by atoms with Gasteiger partial charge in [-0.2, -0.15) is 0 Å². The number of carbonyl (C=O) groups excluding carboxylic acids is 1. The van der Waals surface area contributed by atoms with Gasteiger partial charge in [-0.05, 0) is 55.7 Å². The number of nitro groups is 1. The highest BCUT2D eigenvalue weighted by atomic mass is 79.9. The second kappa shape index (κ2) is 6.60. The monoisotopic (exact) mass is 389 g/mol. The molecule has 0 aliphatic heterocycles. The van der Waals surface area contributed by atoms with Gasteiger partial charge in [0.1, 0.15) is 5.69 Å². The summed E-state index contributed by atoms with van der Waals surface area (Å²) in [5, 5.41) is 17.2. The summed E-state index contributed by atoms with van der Waals surface area (Å²) in [6.45, 7) is 1.88. The molecular weight excluding hydrogens is 374 g/mol. The van der Waals surface area contributed by atoms with Crippen molar-refractivity contribution in [3.63, 3.8) is 0 Å². The maximum absolute atomic E-state index is 12.4. The topological polar surface area (TPSA) is 84.3 Å². The molecule has 1 amide bonds. The predicted octanol–water partition coefficient (Wildman–Crippen LogP) is 4.49. The molecule has 1 aliphatic carbocycles. The third-order valence-electron chi connectivity index (χ3n) is 3.83. The van der Waals surface area contributed by atoms with Crippen molar-refractivity contribution in [1.29, 1.82) is 0 Å². The molecule has 0 aromatic heterocycles. The number of hydrogen-bond donors (Lipinski definition) is 2. The summed E-state index contributed by atoms with van der Waals surface area (Å²) in [7, 11) is 0. The van der Waals surface area contributed by atoms with E-state index < -0.39 is 4.92 Å². The molecule has 2 N–H and O–H groups in total. The van der Waals surface area contributed by atoms with Gasteiger partial charge < -0.3 is 10.6 Å². The van der Waals surface area contributed by atoms with E-state index in [9.17, 15) is 14.9 Å². The van der Waals surface area contributed by atoms with Crippen molar-refractivity contribution >= 4 is 38.9 Å². The summed E-state index contributed by atoms with van der Waals surface area (Å²) in [5.41, 5.74) is 2.21. The van der Waals surface area contributed by atoms with E-state index in [4.69, 9.17) is 0 Å². The van der Waals surface area contributed by atoms with Crippen molar-refractivity contribution in [3.05, 3.63) is 62.1 Å². The van der Waals surface area contributed by atoms with Crippen molar-refractivity contribution in [3.8, 4) is 0 Å². The van der Waals surface area contributed by atoms with Gasteiger partial charge in [-0.1, -0.05) is 15.9 Å². The Morgan fingerprint density at radius 3 is 2.54 bits per heavy atom. The Balaban J connectivity index is 1.83. The van der Waals surface area contributed by atoms with Crippen LogP contribution in [0.4, 0.5) is 17.1 Å². The minimum Gasteiger partial charge on any atom is -0.377 e. The van der Waals surface area contributed by atoms with Crippen LogP contribution in [0.5, 0.6) is 0 Å². The number of amides is 1. The van der Waals surface area contributed by atoms with Crippen LogP contribution in [-0.4, -0.2) is 16.9 Å². The smallest absolute Gasteiger partial charge is 0.293 e. The van der Waals surface area contributed by atoms with Gasteiger partial charge in [-0.15, -0.1) is 0 Å². The zero-order valence-corrected chi connectivity index (χ0v) is 14.6. The fourth-order valence-electron chi connectivity index (χ4n) is 2.36. The average Bonchev–Trinajstić information content (AvgIpc) is 3.34. The Morgan fingerprint density at radius 1 is 1.21 bits per heavy atom. The molecule has 1 aliphatic rings. The number of benzene rings is 2. The lowest BCUT2D eigenvalue weighted by molar-refractivity contribution is -0.384. The van der Waals surface area contributed by atoms with Gasteiger partial charge in [0.15, 0.2) is 0 Å². The number of nitrogens with zero attached hydrogens (tertiary/aromatic N) is 1. The van der Waals surface area contributed by atoms with Crippen molar-refractivity contribution in [2.75, 3.05) is 10.6 Å². The Hall–Kier alpha value is -2.41. The van der Waals surface area contributed by atoms with E-state index in [0.717, 1.165) is 22.9 Å². The molecular formula is C17H16BrN3O3. The molecule has 0 heterocycles. The molecule has 0 radical (unpaired) electrons. The number of aryl methyl sites for hydroxylation is 1. The van der Waals surface area contributed by atoms with E-state index in [2.05, 4.69) is 26.6 Å². The summed E-state index contributed by atoms with van der Waals surface area (Å²) >= 11 is 3.37. The molecule has 1 saturated carbocycles. The predicted molar refractivity (Wildman–Crippen MR) is 96.6 cm³/mol. The minimum atomic E-state index is -0.466. The Bertz CT molecular complexity index is 819. The highest BCUT2D eigenvalue weighted by molar-refractivity contribution is 9.10. The molecule has 2 aromatic rings. The van der Waals surface area contributed by atoms with Crippen molar-refractivity contribution in [1.82, 2.24) is 0 Å². The van der Waals surface area contributed by atoms with Crippen LogP contribution in [0.15, 0.2) is 40.9 Å². The van der Waals surface area contributed by atoms with Gasteiger partial charge in [-0.25, -0.2) is 0 Å².